The van der Waals surface area contributed by atoms with Crippen LogP contribution < -0.4 is 0 Å². The quantitative estimate of drug-likeness (QED) is 0.755. The summed E-state index contributed by atoms with van der Waals surface area (Å²) in [6.07, 6.45) is 2.74. The normalized spacial score (nSPS) is 19.7. The van der Waals surface area contributed by atoms with Crippen LogP contribution in [0.3, 0.4) is 0 Å². The Kier molecular flexibility index (Phi) is 2.42. The van der Waals surface area contributed by atoms with Crippen LogP contribution in [0, 0.1) is 5.92 Å². The molecule has 14 heavy (non-hydrogen) atoms. The maximum Gasteiger partial charge on any atom is 0.101 e. The second-order valence-corrected chi connectivity index (χ2v) is 4.35. The summed E-state index contributed by atoms with van der Waals surface area (Å²) in [6.45, 7) is 4.35. The number of aliphatic hydroxyl groups is 1. The van der Waals surface area contributed by atoms with Crippen molar-refractivity contribution in [3.05, 3.63) is 41.0 Å². The highest BCUT2D eigenvalue weighted by atomic mass is 16.3. The number of aliphatic hydroxyl groups excluding tert-OH is 1. The second-order valence-electron chi connectivity index (χ2n) is 4.35. The van der Waals surface area contributed by atoms with Crippen LogP contribution in [0.15, 0.2) is 29.8 Å². The van der Waals surface area contributed by atoms with Crippen LogP contribution in [0.1, 0.15) is 37.5 Å². The molecule has 0 saturated carbocycles. The Morgan fingerprint density at radius 3 is 2.64 bits per heavy atom. The molecule has 1 aliphatic rings. The van der Waals surface area contributed by atoms with Crippen molar-refractivity contribution in [2.75, 3.05) is 0 Å². The Morgan fingerprint density at radius 1 is 1.29 bits per heavy atom. The average molecular weight is 188 g/mol. The number of rotatable bonds is 2. The molecule has 1 unspecified atom stereocenters. The maximum atomic E-state index is 10.0. The van der Waals surface area contributed by atoms with Gasteiger partial charge in [0, 0.05) is 0 Å². The van der Waals surface area contributed by atoms with Gasteiger partial charge in [0.2, 0.25) is 0 Å². The predicted molar refractivity (Wildman–Crippen MR) is 58.8 cm³/mol. The van der Waals surface area contributed by atoms with Gasteiger partial charge in [-0.25, -0.2) is 0 Å². The number of benzene rings is 1. The molecular weight excluding hydrogens is 172 g/mol. The molecule has 2 rings (SSSR count). The molecule has 1 nitrogen and oxygen atoms in total. The molecule has 0 bridgehead atoms. The molecule has 0 saturated heterocycles. The van der Waals surface area contributed by atoms with Gasteiger partial charge in [0.15, 0.2) is 0 Å². The molecule has 0 aromatic heterocycles. The number of fused-ring (bicyclic) bond motifs is 1. The molecule has 0 radical (unpaired) electrons. The van der Waals surface area contributed by atoms with Gasteiger partial charge >= 0.3 is 0 Å². The van der Waals surface area contributed by atoms with Crippen molar-refractivity contribution >= 4 is 6.08 Å². The van der Waals surface area contributed by atoms with E-state index in [0.717, 1.165) is 17.6 Å². The van der Waals surface area contributed by atoms with E-state index in [1.807, 2.05) is 18.2 Å². The molecule has 0 heterocycles. The SMILES string of the molecule is CC(C)CC1=Cc2ccccc2C1O. The minimum absolute atomic E-state index is 0.367. The van der Waals surface area contributed by atoms with Crippen molar-refractivity contribution in [2.45, 2.75) is 26.4 Å². The molecule has 1 aromatic rings. The van der Waals surface area contributed by atoms with Crippen LogP contribution >= 0.6 is 0 Å². The predicted octanol–water partition coefficient (Wildman–Crippen LogP) is 3.16. The minimum Gasteiger partial charge on any atom is -0.384 e. The third-order valence-electron chi connectivity index (χ3n) is 2.63. The molecular formula is C13H16O. The van der Waals surface area contributed by atoms with Crippen LogP contribution in [-0.4, -0.2) is 5.11 Å². The van der Waals surface area contributed by atoms with Crippen molar-refractivity contribution in [1.29, 1.82) is 0 Å². The molecule has 1 heteroatoms. The van der Waals surface area contributed by atoms with E-state index in [9.17, 15) is 5.11 Å². The zero-order valence-electron chi connectivity index (χ0n) is 8.70. The monoisotopic (exact) mass is 188 g/mol. The molecule has 1 atom stereocenters. The fourth-order valence-electron chi connectivity index (χ4n) is 2.01. The van der Waals surface area contributed by atoms with Crippen molar-refractivity contribution in [3.63, 3.8) is 0 Å². The number of hydrogen-bond donors (Lipinski definition) is 1. The fourth-order valence-corrected chi connectivity index (χ4v) is 2.01. The van der Waals surface area contributed by atoms with E-state index in [0.29, 0.717) is 5.92 Å². The van der Waals surface area contributed by atoms with Gasteiger partial charge in [-0.15, -0.1) is 0 Å². The summed E-state index contributed by atoms with van der Waals surface area (Å²) < 4.78 is 0. The Bertz CT molecular complexity index is 363. The lowest BCUT2D eigenvalue weighted by Gasteiger charge is -2.11. The van der Waals surface area contributed by atoms with Gasteiger partial charge in [0.1, 0.15) is 6.10 Å². The first-order chi connectivity index (χ1) is 6.68. The van der Waals surface area contributed by atoms with Crippen molar-refractivity contribution in [1.82, 2.24) is 0 Å². The van der Waals surface area contributed by atoms with E-state index in [1.165, 1.54) is 5.56 Å². The maximum absolute atomic E-state index is 10.0. The van der Waals surface area contributed by atoms with Crippen molar-refractivity contribution in [2.24, 2.45) is 5.92 Å². The Morgan fingerprint density at radius 2 is 2.00 bits per heavy atom. The lowest BCUT2D eigenvalue weighted by atomic mass is 9.99. The highest BCUT2D eigenvalue weighted by molar-refractivity contribution is 5.65. The van der Waals surface area contributed by atoms with Gasteiger partial charge in [-0.3, -0.25) is 0 Å². The zero-order chi connectivity index (χ0) is 10.1. The lowest BCUT2D eigenvalue weighted by molar-refractivity contribution is 0.212. The summed E-state index contributed by atoms with van der Waals surface area (Å²) >= 11 is 0. The van der Waals surface area contributed by atoms with Gasteiger partial charge < -0.3 is 5.11 Å². The van der Waals surface area contributed by atoms with Crippen LogP contribution in [-0.2, 0) is 0 Å². The molecule has 0 aliphatic heterocycles. The third kappa shape index (κ3) is 1.60. The third-order valence-corrected chi connectivity index (χ3v) is 2.63. The minimum atomic E-state index is -0.367. The molecule has 74 valence electrons. The first-order valence-corrected chi connectivity index (χ1v) is 5.16. The largest absolute Gasteiger partial charge is 0.384 e. The highest BCUT2D eigenvalue weighted by Crippen LogP contribution is 2.36. The van der Waals surface area contributed by atoms with Crippen LogP contribution in [0.5, 0.6) is 0 Å². The van der Waals surface area contributed by atoms with E-state index in [1.54, 1.807) is 0 Å². The summed E-state index contributed by atoms with van der Waals surface area (Å²) in [7, 11) is 0. The molecule has 1 aliphatic carbocycles. The first kappa shape index (κ1) is 9.47. The zero-order valence-corrected chi connectivity index (χ0v) is 8.70. The molecule has 0 amide bonds. The summed E-state index contributed by atoms with van der Waals surface area (Å²) in [6, 6.07) is 8.06. The fraction of sp³-hybridized carbons (Fsp3) is 0.385. The van der Waals surface area contributed by atoms with Crippen molar-refractivity contribution in [3.8, 4) is 0 Å². The number of hydrogen-bond acceptors (Lipinski definition) is 1. The summed E-state index contributed by atoms with van der Waals surface area (Å²) in [5.74, 6) is 0.602. The van der Waals surface area contributed by atoms with Gasteiger partial charge in [-0.2, -0.15) is 0 Å². The van der Waals surface area contributed by atoms with E-state index >= 15 is 0 Å². The summed E-state index contributed by atoms with van der Waals surface area (Å²) in [4.78, 5) is 0. The molecule has 1 N–H and O–H groups in total. The molecule has 1 aromatic carbocycles. The van der Waals surface area contributed by atoms with Gasteiger partial charge in [0.05, 0.1) is 0 Å². The van der Waals surface area contributed by atoms with E-state index in [2.05, 4.69) is 26.0 Å². The standard InChI is InChI=1S/C13H16O/c1-9(2)7-11-8-10-5-3-4-6-12(10)13(11)14/h3-6,8-9,13-14H,7H2,1-2H3. The van der Waals surface area contributed by atoms with Gasteiger partial charge in [0.25, 0.3) is 0 Å². The van der Waals surface area contributed by atoms with Gasteiger partial charge in [-0.05, 0) is 29.0 Å². The van der Waals surface area contributed by atoms with E-state index < -0.39 is 0 Å². The van der Waals surface area contributed by atoms with Gasteiger partial charge in [-0.1, -0.05) is 44.2 Å². The lowest BCUT2D eigenvalue weighted by Crippen LogP contribution is -1.99. The summed E-state index contributed by atoms with van der Waals surface area (Å²) in [5.41, 5.74) is 3.39. The smallest absolute Gasteiger partial charge is 0.101 e. The Labute approximate surface area is 85.1 Å². The van der Waals surface area contributed by atoms with E-state index in [-0.39, 0.29) is 6.10 Å². The molecule has 0 fully saturated rings. The highest BCUT2D eigenvalue weighted by Gasteiger charge is 2.22. The summed E-state index contributed by atoms with van der Waals surface area (Å²) in [5, 5.41) is 10.0. The molecule has 0 spiro atoms. The van der Waals surface area contributed by atoms with Crippen LogP contribution in [0.2, 0.25) is 0 Å². The van der Waals surface area contributed by atoms with Crippen LogP contribution in [0.4, 0.5) is 0 Å². The topological polar surface area (TPSA) is 20.2 Å². The van der Waals surface area contributed by atoms with Crippen LogP contribution in [0.25, 0.3) is 6.08 Å². The average Bonchev–Trinajstić information content (AvgIpc) is 2.44. The van der Waals surface area contributed by atoms with E-state index in [4.69, 9.17) is 0 Å². The first-order valence-electron chi connectivity index (χ1n) is 5.16. The second kappa shape index (κ2) is 3.58. The Hall–Kier alpha value is -1.08. The Balaban J connectivity index is 2.28. The van der Waals surface area contributed by atoms with Crippen molar-refractivity contribution < 1.29 is 5.11 Å².